The molecule has 1 unspecified atom stereocenters. The van der Waals surface area contributed by atoms with E-state index in [1.165, 1.54) is 12.8 Å². The van der Waals surface area contributed by atoms with Gasteiger partial charge in [0.2, 0.25) is 0 Å². The molecule has 18 heavy (non-hydrogen) atoms. The van der Waals surface area contributed by atoms with Crippen LogP contribution in [0.4, 0.5) is 0 Å². The van der Waals surface area contributed by atoms with Crippen molar-refractivity contribution in [3.63, 3.8) is 0 Å². The third kappa shape index (κ3) is 5.16. The molecule has 0 aliphatic heterocycles. The zero-order valence-electron chi connectivity index (χ0n) is 10.9. The maximum Gasteiger partial charge on any atom is 0.117 e. The number of allylic oxidation sites excluding steroid dienone is 1. The molecule has 2 nitrogen and oxygen atoms in total. The normalized spacial score (nSPS) is 13.1. The highest BCUT2D eigenvalue weighted by atomic mass is 16.3. The molecule has 0 saturated carbocycles. The molecule has 0 aliphatic carbocycles. The van der Waals surface area contributed by atoms with Crippen LogP contribution in [0, 0.1) is 18.5 Å². The summed E-state index contributed by atoms with van der Waals surface area (Å²) in [7, 11) is 0. The quantitative estimate of drug-likeness (QED) is 0.588. The number of rotatable bonds is 7. The van der Waals surface area contributed by atoms with Crippen LogP contribution in [0.15, 0.2) is 24.3 Å². The lowest BCUT2D eigenvalue weighted by atomic mass is 10.0. The Hall–Kier alpha value is -1.59. The van der Waals surface area contributed by atoms with Gasteiger partial charge in [0.05, 0.1) is 11.9 Å². The smallest absolute Gasteiger partial charge is 0.117 e. The number of aliphatic hydroxyl groups is 1. The highest BCUT2D eigenvalue weighted by Crippen LogP contribution is 2.20. The lowest BCUT2D eigenvalue weighted by Crippen LogP contribution is -2.00. The molecule has 0 amide bonds. The zero-order valence-corrected chi connectivity index (χ0v) is 10.9. The second kappa shape index (κ2) is 8.49. The molecular formula is C16H20NO. The molecule has 1 heterocycles. The van der Waals surface area contributed by atoms with Gasteiger partial charge in [-0.25, -0.2) is 4.98 Å². The van der Waals surface area contributed by atoms with Gasteiger partial charge in [-0.2, -0.15) is 0 Å². The van der Waals surface area contributed by atoms with Crippen LogP contribution in [-0.4, -0.2) is 16.2 Å². The molecular weight excluding hydrogens is 222 g/mol. The summed E-state index contributed by atoms with van der Waals surface area (Å²) in [5, 5.41) is 9.42. The van der Waals surface area contributed by atoms with Crippen LogP contribution in [0.1, 0.15) is 44.7 Å². The van der Waals surface area contributed by atoms with Crippen molar-refractivity contribution in [2.24, 2.45) is 0 Å². The van der Waals surface area contributed by atoms with E-state index in [2.05, 4.69) is 24.0 Å². The van der Waals surface area contributed by atoms with Gasteiger partial charge in [-0.05, 0) is 30.5 Å². The van der Waals surface area contributed by atoms with Gasteiger partial charge in [-0.15, -0.1) is 6.42 Å². The van der Waals surface area contributed by atoms with E-state index in [1.54, 1.807) is 6.07 Å². The topological polar surface area (TPSA) is 33.1 Å². The molecule has 1 radical (unpaired) electrons. The van der Waals surface area contributed by atoms with Crippen LogP contribution in [0.5, 0.6) is 0 Å². The summed E-state index contributed by atoms with van der Waals surface area (Å²) in [5.74, 6) is 2.32. The van der Waals surface area contributed by atoms with E-state index in [9.17, 15) is 5.11 Å². The Morgan fingerprint density at radius 2 is 2.44 bits per heavy atom. The van der Waals surface area contributed by atoms with Gasteiger partial charge >= 0.3 is 0 Å². The fraction of sp³-hybridized carbons (Fsp3) is 0.438. The van der Waals surface area contributed by atoms with Crippen molar-refractivity contribution in [1.82, 2.24) is 4.98 Å². The Labute approximate surface area is 110 Å². The Morgan fingerprint density at radius 3 is 3.06 bits per heavy atom. The zero-order chi connectivity index (χ0) is 13.2. The first kappa shape index (κ1) is 14.5. The molecule has 1 aromatic rings. The fourth-order valence-corrected chi connectivity index (χ4v) is 1.73. The average molecular weight is 242 g/mol. The molecule has 1 N–H and O–H groups in total. The van der Waals surface area contributed by atoms with Gasteiger partial charge in [0.1, 0.15) is 6.10 Å². The van der Waals surface area contributed by atoms with Gasteiger partial charge in [0.15, 0.2) is 0 Å². The predicted molar refractivity (Wildman–Crippen MR) is 74.6 cm³/mol. The number of terminal acetylenes is 1. The van der Waals surface area contributed by atoms with Crippen molar-refractivity contribution >= 4 is 5.57 Å². The van der Waals surface area contributed by atoms with Gasteiger partial charge in [-0.1, -0.05) is 37.8 Å². The lowest BCUT2D eigenvalue weighted by Gasteiger charge is -2.07. The van der Waals surface area contributed by atoms with Crippen LogP contribution in [0.2, 0.25) is 0 Å². The molecule has 1 rings (SSSR count). The van der Waals surface area contributed by atoms with E-state index < -0.39 is 6.10 Å². The van der Waals surface area contributed by atoms with Crippen molar-refractivity contribution in [2.45, 2.75) is 45.1 Å². The van der Waals surface area contributed by atoms with Crippen LogP contribution < -0.4 is 0 Å². The van der Waals surface area contributed by atoms with Crippen LogP contribution in [0.3, 0.4) is 0 Å². The van der Waals surface area contributed by atoms with E-state index in [0.717, 1.165) is 24.1 Å². The molecule has 0 aromatic carbocycles. The third-order valence-electron chi connectivity index (χ3n) is 2.77. The standard InChI is InChI=1S/C16H20NO/c1-3-5-6-9-14(11-12-15(18)4-2)16-10-7-8-13-17-16/h2,7-8,10-11,15,18H,3,5-6,9,12H2,1H3. The van der Waals surface area contributed by atoms with Crippen LogP contribution in [-0.2, 0) is 0 Å². The second-order valence-corrected chi connectivity index (χ2v) is 4.26. The van der Waals surface area contributed by atoms with Crippen molar-refractivity contribution < 1.29 is 5.11 Å². The fourth-order valence-electron chi connectivity index (χ4n) is 1.73. The molecule has 0 saturated heterocycles. The van der Waals surface area contributed by atoms with Crippen molar-refractivity contribution in [3.05, 3.63) is 36.2 Å². The number of hydrogen-bond acceptors (Lipinski definition) is 2. The Balaban J connectivity index is 2.72. The number of unbranched alkanes of at least 4 members (excludes halogenated alkanes) is 2. The maximum absolute atomic E-state index is 9.42. The molecule has 0 bridgehead atoms. The maximum atomic E-state index is 9.42. The number of hydrogen-bond donors (Lipinski definition) is 1. The van der Waals surface area contributed by atoms with Gasteiger partial charge in [-0.3, -0.25) is 0 Å². The predicted octanol–water partition coefficient (Wildman–Crippen LogP) is 3.23. The lowest BCUT2D eigenvalue weighted by molar-refractivity contribution is 0.236. The SMILES string of the molecule is C#CC(O)CC=C(CCCCC)c1ccc[c]n1. The summed E-state index contributed by atoms with van der Waals surface area (Å²) < 4.78 is 0. The largest absolute Gasteiger partial charge is 0.380 e. The molecule has 0 fully saturated rings. The highest BCUT2D eigenvalue weighted by molar-refractivity contribution is 5.62. The van der Waals surface area contributed by atoms with E-state index in [-0.39, 0.29) is 0 Å². The highest BCUT2D eigenvalue weighted by Gasteiger charge is 2.04. The molecule has 0 spiro atoms. The Kier molecular flexibility index (Phi) is 6.83. The minimum atomic E-state index is -0.709. The van der Waals surface area contributed by atoms with Gasteiger partial charge in [0.25, 0.3) is 0 Å². The summed E-state index contributed by atoms with van der Waals surface area (Å²) in [6, 6.07) is 5.67. The number of pyridine rings is 1. The minimum Gasteiger partial charge on any atom is -0.380 e. The Morgan fingerprint density at radius 1 is 1.61 bits per heavy atom. The molecule has 2 heteroatoms. The number of nitrogens with zero attached hydrogens (tertiary/aromatic N) is 1. The summed E-state index contributed by atoms with van der Waals surface area (Å²) >= 11 is 0. The van der Waals surface area contributed by atoms with Crippen molar-refractivity contribution in [1.29, 1.82) is 0 Å². The summed E-state index contributed by atoms with van der Waals surface area (Å²) in [6.45, 7) is 2.18. The summed E-state index contributed by atoms with van der Waals surface area (Å²) in [5.41, 5.74) is 2.08. The van der Waals surface area contributed by atoms with Crippen LogP contribution >= 0.6 is 0 Å². The first-order valence-electron chi connectivity index (χ1n) is 6.44. The Bertz CT molecular complexity index is 403. The monoisotopic (exact) mass is 242 g/mol. The molecule has 95 valence electrons. The number of aromatic nitrogens is 1. The van der Waals surface area contributed by atoms with Gasteiger partial charge < -0.3 is 5.11 Å². The van der Waals surface area contributed by atoms with E-state index in [1.807, 2.05) is 18.2 Å². The first-order valence-corrected chi connectivity index (χ1v) is 6.44. The molecule has 0 aliphatic rings. The van der Waals surface area contributed by atoms with E-state index in [4.69, 9.17) is 6.42 Å². The first-order chi connectivity index (χ1) is 8.77. The van der Waals surface area contributed by atoms with E-state index in [0.29, 0.717) is 6.42 Å². The minimum absolute atomic E-state index is 0.481. The van der Waals surface area contributed by atoms with Crippen molar-refractivity contribution in [3.8, 4) is 12.3 Å². The van der Waals surface area contributed by atoms with E-state index >= 15 is 0 Å². The number of aliphatic hydroxyl groups excluding tert-OH is 1. The third-order valence-corrected chi connectivity index (χ3v) is 2.77. The average Bonchev–Trinajstić information content (AvgIpc) is 2.43. The van der Waals surface area contributed by atoms with Gasteiger partial charge in [0, 0.05) is 6.42 Å². The molecule has 1 atom stereocenters. The summed E-state index contributed by atoms with van der Waals surface area (Å²) in [6.07, 6.45) is 14.3. The van der Waals surface area contributed by atoms with Crippen LogP contribution in [0.25, 0.3) is 5.57 Å². The molecule has 1 aromatic heterocycles. The summed E-state index contributed by atoms with van der Waals surface area (Å²) in [4.78, 5) is 4.24. The van der Waals surface area contributed by atoms with Crippen molar-refractivity contribution in [2.75, 3.05) is 0 Å². The second-order valence-electron chi connectivity index (χ2n) is 4.26.